The van der Waals surface area contributed by atoms with E-state index in [1.54, 1.807) is 12.3 Å². The van der Waals surface area contributed by atoms with E-state index in [9.17, 15) is 4.79 Å². The number of carbonyl (C=O) groups excluding carboxylic acids is 1. The molecule has 1 aromatic heterocycles. The van der Waals surface area contributed by atoms with Crippen LogP contribution in [0.1, 0.15) is 24.4 Å². The number of hydrogen-bond donors (Lipinski definition) is 1. The van der Waals surface area contributed by atoms with Gasteiger partial charge in [-0.25, -0.2) is 9.78 Å². The first kappa shape index (κ1) is 12.7. The van der Waals surface area contributed by atoms with E-state index in [2.05, 4.69) is 22.4 Å². The number of nitrogens with zero attached hydrogens (tertiary/aromatic N) is 2. The molecule has 1 N–H and O–H groups in total. The van der Waals surface area contributed by atoms with E-state index in [-0.39, 0.29) is 12.1 Å². The van der Waals surface area contributed by atoms with E-state index in [0.29, 0.717) is 5.82 Å². The molecule has 0 spiro atoms. The number of anilines is 1. The van der Waals surface area contributed by atoms with Crippen LogP contribution in [0, 0.1) is 0 Å². The van der Waals surface area contributed by atoms with Crippen molar-refractivity contribution in [3.05, 3.63) is 60.3 Å². The molecule has 0 bridgehead atoms. The summed E-state index contributed by atoms with van der Waals surface area (Å²) in [6.07, 6.45) is 3.73. The highest BCUT2D eigenvalue weighted by Gasteiger charge is 2.29. The van der Waals surface area contributed by atoms with Crippen LogP contribution in [-0.4, -0.2) is 22.5 Å². The molecule has 102 valence electrons. The van der Waals surface area contributed by atoms with Gasteiger partial charge < -0.3 is 4.90 Å². The Bertz CT molecular complexity index is 571. The molecule has 3 rings (SSSR count). The van der Waals surface area contributed by atoms with E-state index in [4.69, 9.17) is 0 Å². The number of carbonyl (C=O) groups is 1. The number of nitrogens with one attached hydrogen (secondary N) is 1. The van der Waals surface area contributed by atoms with Crippen molar-refractivity contribution >= 4 is 11.8 Å². The van der Waals surface area contributed by atoms with Gasteiger partial charge in [-0.05, 0) is 30.5 Å². The summed E-state index contributed by atoms with van der Waals surface area (Å²) in [7, 11) is 0. The average Bonchev–Trinajstić information content (AvgIpc) is 2.99. The Morgan fingerprint density at radius 2 is 1.95 bits per heavy atom. The Hall–Kier alpha value is -2.36. The van der Waals surface area contributed by atoms with Gasteiger partial charge in [-0.3, -0.25) is 5.32 Å². The van der Waals surface area contributed by atoms with Crippen LogP contribution in [0.2, 0.25) is 0 Å². The molecule has 1 unspecified atom stereocenters. The zero-order valence-corrected chi connectivity index (χ0v) is 11.2. The van der Waals surface area contributed by atoms with Gasteiger partial charge >= 0.3 is 6.03 Å². The third-order valence-corrected chi connectivity index (χ3v) is 3.60. The lowest BCUT2D eigenvalue weighted by Gasteiger charge is -2.25. The van der Waals surface area contributed by atoms with Crippen molar-refractivity contribution in [3.63, 3.8) is 0 Å². The van der Waals surface area contributed by atoms with E-state index in [0.717, 1.165) is 19.4 Å². The zero-order chi connectivity index (χ0) is 13.8. The van der Waals surface area contributed by atoms with Crippen molar-refractivity contribution in [1.82, 2.24) is 9.88 Å². The topological polar surface area (TPSA) is 45.2 Å². The van der Waals surface area contributed by atoms with E-state index < -0.39 is 0 Å². The number of amides is 2. The van der Waals surface area contributed by atoms with Crippen molar-refractivity contribution in [3.8, 4) is 0 Å². The number of likely N-dealkylation sites (tertiary alicyclic amines) is 1. The van der Waals surface area contributed by atoms with E-state index in [1.807, 2.05) is 35.2 Å². The molecule has 2 amide bonds. The lowest BCUT2D eigenvalue weighted by molar-refractivity contribution is 0.207. The smallest absolute Gasteiger partial charge is 0.317 e. The van der Waals surface area contributed by atoms with Crippen LogP contribution in [0.5, 0.6) is 0 Å². The molecule has 1 fully saturated rings. The van der Waals surface area contributed by atoms with Crippen LogP contribution in [0.3, 0.4) is 0 Å². The predicted octanol–water partition coefficient (Wildman–Crippen LogP) is 3.45. The molecule has 4 heteroatoms. The van der Waals surface area contributed by atoms with Gasteiger partial charge in [-0.1, -0.05) is 36.4 Å². The monoisotopic (exact) mass is 267 g/mol. The standard InChI is InChI=1S/C16H17N3O/c20-16(18-15-10-4-5-11-17-15)19-12-6-9-14(19)13-7-2-1-3-8-13/h1-5,7-8,10-11,14H,6,9,12H2,(H,17,18,20). The average molecular weight is 267 g/mol. The molecular formula is C16H17N3O. The predicted molar refractivity (Wildman–Crippen MR) is 78.4 cm³/mol. The van der Waals surface area contributed by atoms with Crippen LogP contribution in [0.4, 0.5) is 10.6 Å². The Labute approximate surface area is 118 Å². The third kappa shape index (κ3) is 2.64. The van der Waals surface area contributed by atoms with Gasteiger partial charge in [0.25, 0.3) is 0 Å². The number of aromatic nitrogens is 1. The van der Waals surface area contributed by atoms with Gasteiger partial charge in [0.2, 0.25) is 0 Å². The van der Waals surface area contributed by atoms with Gasteiger partial charge in [0, 0.05) is 12.7 Å². The number of rotatable bonds is 2. The van der Waals surface area contributed by atoms with Crippen LogP contribution in [-0.2, 0) is 0 Å². The summed E-state index contributed by atoms with van der Waals surface area (Å²) < 4.78 is 0. The SMILES string of the molecule is O=C(Nc1ccccn1)N1CCCC1c1ccccc1. The fourth-order valence-corrected chi connectivity index (χ4v) is 2.65. The van der Waals surface area contributed by atoms with Crippen molar-refractivity contribution in [2.24, 2.45) is 0 Å². The number of benzene rings is 1. The van der Waals surface area contributed by atoms with Gasteiger partial charge in [0.15, 0.2) is 0 Å². The molecule has 2 aromatic rings. The van der Waals surface area contributed by atoms with E-state index in [1.165, 1.54) is 5.56 Å². The molecule has 1 saturated heterocycles. The second-order valence-corrected chi connectivity index (χ2v) is 4.91. The Morgan fingerprint density at radius 3 is 2.70 bits per heavy atom. The molecular weight excluding hydrogens is 250 g/mol. The summed E-state index contributed by atoms with van der Waals surface area (Å²) in [4.78, 5) is 18.4. The largest absolute Gasteiger partial charge is 0.323 e. The van der Waals surface area contributed by atoms with Crippen LogP contribution < -0.4 is 5.32 Å². The Balaban J connectivity index is 1.74. The van der Waals surface area contributed by atoms with Crippen LogP contribution in [0.25, 0.3) is 0 Å². The van der Waals surface area contributed by atoms with Gasteiger partial charge in [-0.15, -0.1) is 0 Å². The Kier molecular flexibility index (Phi) is 3.63. The molecule has 0 aliphatic carbocycles. The maximum absolute atomic E-state index is 12.4. The first-order valence-electron chi connectivity index (χ1n) is 6.88. The number of hydrogen-bond acceptors (Lipinski definition) is 2. The van der Waals surface area contributed by atoms with E-state index >= 15 is 0 Å². The molecule has 1 aliphatic heterocycles. The fraction of sp³-hybridized carbons (Fsp3) is 0.250. The molecule has 2 heterocycles. The maximum atomic E-state index is 12.4. The quantitative estimate of drug-likeness (QED) is 0.905. The highest BCUT2D eigenvalue weighted by Crippen LogP contribution is 2.31. The molecule has 1 aromatic carbocycles. The number of pyridine rings is 1. The van der Waals surface area contributed by atoms with Crippen LogP contribution in [0.15, 0.2) is 54.7 Å². The first-order chi connectivity index (χ1) is 9.84. The number of urea groups is 1. The summed E-state index contributed by atoms with van der Waals surface area (Å²) in [6.45, 7) is 0.790. The zero-order valence-electron chi connectivity index (χ0n) is 11.2. The van der Waals surface area contributed by atoms with Crippen molar-refractivity contribution in [2.45, 2.75) is 18.9 Å². The second kappa shape index (κ2) is 5.74. The normalized spacial score (nSPS) is 18.0. The van der Waals surface area contributed by atoms with Gasteiger partial charge in [-0.2, -0.15) is 0 Å². The minimum atomic E-state index is -0.0740. The van der Waals surface area contributed by atoms with Crippen LogP contribution >= 0.6 is 0 Å². The maximum Gasteiger partial charge on any atom is 0.323 e. The molecule has 0 saturated carbocycles. The molecule has 4 nitrogen and oxygen atoms in total. The summed E-state index contributed by atoms with van der Waals surface area (Å²) >= 11 is 0. The lowest BCUT2D eigenvalue weighted by Crippen LogP contribution is -2.34. The molecule has 1 aliphatic rings. The summed E-state index contributed by atoms with van der Waals surface area (Å²) in [5.74, 6) is 0.594. The minimum Gasteiger partial charge on any atom is -0.317 e. The first-order valence-corrected chi connectivity index (χ1v) is 6.88. The lowest BCUT2D eigenvalue weighted by atomic mass is 10.1. The third-order valence-electron chi connectivity index (χ3n) is 3.60. The van der Waals surface area contributed by atoms with Gasteiger partial charge in [0.05, 0.1) is 6.04 Å². The van der Waals surface area contributed by atoms with Crippen molar-refractivity contribution in [1.29, 1.82) is 0 Å². The highest BCUT2D eigenvalue weighted by molar-refractivity contribution is 5.88. The molecule has 0 radical (unpaired) electrons. The van der Waals surface area contributed by atoms with Crippen molar-refractivity contribution in [2.75, 3.05) is 11.9 Å². The highest BCUT2D eigenvalue weighted by atomic mass is 16.2. The Morgan fingerprint density at radius 1 is 1.15 bits per heavy atom. The summed E-state index contributed by atoms with van der Waals surface area (Å²) in [6, 6.07) is 15.8. The van der Waals surface area contributed by atoms with Crippen molar-refractivity contribution < 1.29 is 4.79 Å². The second-order valence-electron chi connectivity index (χ2n) is 4.91. The molecule has 20 heavy (non-hydrogen) atoms. The summed E-state index contributed by atoms with van der Waals surface area (Å²) in [5.41, 5.74) is 1.20. The minimum absolute atomic E-state index is 0.0740. The molecule has 1 atom stereocenters. The summed E-state index contributed by atoms with van der Waals surface area (Å²) in [5, 5.41) is 2.86. The van der Waals surface area contributed by atoms with Gasteiger partial charge in [0.1, 0.15) is 5.82 Å². The fourth-order valence-electron chi connectivity index (χ4n) is 2.65.